The van der Waals surface area contributed by atoms with E-state index in [0.717, 1.165) is 0 Å². The van der Waals surface area contributed by atoms with Crippen LogP contribution >= 0.6 is 0 Å². The number of amides is 1. The SMILES string of the molecule is CC(c1nc2ccccc2c(=O)n1C)N(CCN(C)C)C(=O)COc1ccccc1. The van der Waals surface area contributed by atoms with Crippen molar-refractivity contribution in [2.24, 2.45) is 7.05 Å². The van der Waals surface area contributed by atoms with Gasteiger partial charge in [0.05, 0.1) is 16.9 Å². The van der Waals surface area contributed by atoms with E-state index in [-0.39, 0.29) is 24.1 Å². The maximum atomic E-state index is 13.1. The summed E-state index contributed by atoms with van der Waals surface area (Å²) in [5.74, 6) is 1.03. The van der Waals surface area contributed by atoms with E-state index in [4.69, 9.17) is 9.72 Å². The molecule has 7 heteroatoms. The Kier molecular flexibility index (Phi) is 6.84. The number of fused-ring (bicyclic) bond motifs is 1. The lowest BCUT2D eigenvalue weighted by molar-refractivity contribution is -0.136. The highest BCUT2D eigenvalue weighted by Gasteiger charge is 2.25. The number of ether oxygens (including phenoxy) is 1. The molecule has 0 saturated heterocycles. The van der Waals surface area contributed by atoms with Gasteiger partial charge in [-0.05, 0) is 45.3 Å². The predicted octanol–water partition coefficient (Wildman–Crippen LogP) is 2.46. The number of rotatable bonds is 8. The number of para-hydroxylation sites is 2. The van der Waals surface area contributed by atoms with Gasteiger partial charge in [-0.15, -0.1) is 0 Å². The quantitative estimate of drug-likeness (QED) is 0.573. The summed E-state index contributed by atoms with van der Waals surface area (Å²) in [5, 5.41) is 0.564. The number of nitrogens with zero attached hydrogens (tertiary/aromatic N) is 4. The Morgan fingerprint density at radius 2 is 1.73 bits per heavy atom. The molecule has 3 rings (SSSR count). The maximum absolute atomic E-state index is 13.1. The molecule has 1 heterocycles. The number of hydrogen-bond donors (Lipinski definition) is 0. The van der Waals surface area contributed by atoms with Crippen molar-refractivity contribution in [3.05, 3.63) is 70.8 Å². The summed E-state index contributed by atoms with van der Waals surface area (Å²) >= 11 is 0. The Bertz CT molecular complexity index is 1060. The van der Waals surface area contributed by atoms with Crippen LogP contribution in [0.1, 0.15) is 18.8 Å². The molecule has 0 aliphatic heterocycles. The van der Waals surface area contributed by atoms with Crippen molar-refractivity contribution >= 4 is 16.8 Å². The zero-order valence-electron chi connectivity index (χ0n) is 17.9. The fraction of sp³-hybridized carbons (Fsp3) is 0.348. The van der Waals surface area contributed by atoms with E-state index in [9.17, 15) is 9.59 Å². The van der Waals surface area contributed by atoms with Crippen LogP contribution in [0, 0.1) is 0 Å². The monoisotopic (exact) mass is 408 g/mol. The minimum Gasteiger partial charge on any atom is -0.484 e. The number of likely N-dealkylation sites (N-methyl/N-ethyl adjacent to an activating group) is 1. The Morgan fingerprint density at radius 3 is 2.43 bits per heavy atom. The lowest BCUT2D eigenvalue weighted by Crippen LogP contribution is -2.42. The fourth-order valence-electron chi connectivity index (χ4n) is 3.33. The first-order valence-electron chi connectivity index (χ1n) is 9.96. The standard InChI is InChI=1S/C23H28N4O3/c1-17(22-24-20-13-9-8-12-19(20)23(29)26(22)4)27(15-14-25(2)3)21(28)16-30-18-10-6-5-7-11-18/h5-13,17H,14-16H2,1-4H3. The van der Waals surface area contributed by atoms with Crippen LogP contribution in [-0.4, -0.2) is 59.0 Å². The second-order valence-corrected chi connectivity index (χ2v) is 7.52. The van der Waals surface area contributed by atoms with Crippen LogP contribution in [0.2, 0.25) is 0 Å². The summed E-state index contributed by atoms with van der Waals surface area (Å²) < 4.78 is 7.20. The molecule has 2 aromatic carbocycles. The lowest BCUT2D eigenvalue weighted by Gasteiger charge is -2.31. The number of carbonyl (C=O) groups is 1. The van der Waals surface area contributed by atoms with Gasteiger partial charge in [-0.2, -0.15) is 0 Å². The molecule has 0 N–H and O–H groups in total. The van der Waals surface area contributed by atoms with E-state index in [2.05, 4.69) is 0 Å². The third-order valence-electron chi connectivity index (χ3n) is 5.07. The van der Waals surface area contributed by atoms with E-state index in [1.807, 2.05) is 74.4 Å². The Morgan fingerprint density at radius 1 is 1.07 bits per heavy atom. The highest BCUT2D eigenvalue weighted by atomic mass is 16.5. The molecular formula is C23H28N4O3. The highest BCUT2D eigenvalue weighted by molar-refractivity contribution is 5.79. The van der Waals surface area contributed by atoms with Crippen molar-refractivity contribution in [1.82, 2.24) is 19.4 Å². The molecule has 0 bridgehead atoms. The fourth-order valence-corrected chi connectivity index (χ4v) is 3.33. The smallest absolute Gasteiger partial charge is 0.261 e. The molecule has 7 nitrogen and oxygen atoms in total. The molecule has 1 amide bonds. The number of aromatic nitrogens is 2. The highest BCUT2D eigenvalue weighted by Crippen LogP contribution is 2.20. The van der Waals surface area contributed by atoms with Gasteiger partial charge in [-0.25, -0.2) is 4.98 Å². The zero-order valence-corrected chi connectivity index (χ0v) is 17.9. The topological polar surface area (TPSA) is 67.7 Å². The van der Waals surface area contributed by atoms with Gasteiger partial charge in [0.2, 0.25) is 0 Å². The first-order valence-corrected chi connectivity index (χ1v) is 9.96. The molecule has 1 unspecified atom stereocenters. The molecule has 1 atom stereocenters. The second-order valence-electron chi connectivity index (χ2n) is 7.52. The first-order chi connectivity index (χ1) is 14.4. The third-order valence-corrected chi connectivity index (χ3v) is 5.07. The molecule has 3 aromatic rings. The van der Waals surface area contributed by atoms with Gasteiger partial charge >= 0.3 is 0 Å². The second kappa shape index (κ2) is 9.54. The normalized spacial score (nSPS) is 12.2. The molecule has 0 radical (unpaired) electrons. The number of benzene rings is 2. The van der Waals surface area contributed by atoms with Crippen molar-refractivity contribution in [3.8, 4) is 5.75 Å². The Balaban J connectivity index is 1.89. The van der Waals surface area contributed by atoms with Crippen molar-refractivity contribution in [2.45, 2.75) is 13.0 Å². The molecular weight excluding hydrogens is 380 g/mol. The summed E-state index contributed by atoms with van der Waals surface area (Å²) in [5.41, 5.74) is 0.506. The molecule has 0 spiro atoms. The van der Waals surface area contributed by atoms with Crippen molar-refractivity contribution in [1.29, 1.82) is 0 Å². The Labute approximate surface area is 176 Å². The van der Waals surface area contributed by atoms with Crippen molar-refractivity contribution in [3.63, 3.8) is 0 Å². The van der Waals surface area contributed by atoms with E-state index in [1.165, 1.54) is 4.57 Å². The van der Waals surface area contributed by atoms with Crippen LogP contribution in [0.25, 0.3) is 10.9 Å². The van der Waals surface area contributed by atoms with Crippen LogP contribution < -0.4 is 10.3 Å². The third kappa shape index (κ3) is 4.86. The van der Waals surface area contributed by atoms with Crippen LogP contribution in [-0.2, 0) is 11.8 Å². The van der Waals surface area contributed by atoms with Gasteiger partial charge in [0.1, 0.15) is 11.6 Å². The summed E-state index contributed by atoms with van der Waals surface area (Å²) in [6.07, 6.45) is 0. The van der Waals surface area contributed by atoms with E-state index in [1.54, 1.807) is 18.0 Å². The predicted molar refractivity (Wildman–Crippen MR) is 118 cm³/mol. The van der Waals surface area contributed by atoms with Gasteiger partial charge in [-0.1, -0.05) is 30.3 Å². The summed E-state index contributed by atoms with van der Waals surface area (Å²) in [7, 11) is 5.61. The van der Waals surface area contributed by atoms with Gasteiger partial charge in [0.25, 0.3) is 11.5 Å². The average molecular weight is 409 g/mol. The van der Waals surface area contributed by atoms with Crippen LogP contribution in [0.15, 0.2) is 59.4 Å². The number of hydrogen-bond acceptors (Lipinski definition) is 5. The average Bonchev–Trinajstić information content (AvgIpc) is 2.75. The Hall–Kier alpha value is -3.19. The molecule has 158 valence electrons. The molecule has 0 saturated carbocycles. The molecule has 0 fully saturated rings. The van der Waals surface area contributed by atoms with Crippen molar-refractivity contribution in [2.75, 3.05) is 33.8 Å². The van der Waals surface area contributed by atoms with Gasteiger partial charge < -0.3 is 14.5 Å². The van der Waals surface area contributed by atoms with Crippen molar-refractivity contribution < 1.29 is 9.53 Å². The zero-order chi connectivity index (χ0) is 21.7. The molecule has 0 aliphatic rings. The van der Waals surface area contributed by atoms with E-state index >= 15 is 0 Å². The van der Waals surface area contributed by atoms with Crippen LogP contribution in [0.4, 0.5) is 0 Å². The molecule has 30 heavy (non-hydrogen) atoms. The van der Waals surface area contributed by atoms with E-state index < -0.39 is 0 Å². The molecule has 0 aliphatic carbocycles. The van der Waals surface area contributed by atoms with Gasteiger partial charge in [0, 0.05) is 20.1 Å². The first kappa shape index (κ1) is 21.5. The van der Waals surface area contributed by atoms with Gasteiger partial charge in [-0.3, -0.25) is 14.2 Å². The summed E-state index contributed by atoms with van der Waals surface area (Å²) in [4.78, 5) is 34.3. The van der Waals surface area contributed by atoms with Crippen LogP contribution in [0.3, 0.4) is 0 Å². The minimum atomic E-state index is -0.390. The summed E-state index contributed by atoms with van der Waals surface area (Å²) in [6.45, 7) is 2.99. The van der Waals surface area contributed by atoms with Crippen LogP contribution in [0.5, 0.6) is 5.75 Å². The van der Waals surface area contributed by atoms with Gasteiger partial charge in [0.15, 0.2) is 6.61 Å². The summed E-state index contributed by atoms with van der Waals surface area (Å²) in [6, 6.07) is 16.1. The minimum absolute atomic E-state index is 0.0800. The molecule has 1 aromatic heterocycles. The maximum Gasteiger partial charge on any atom is 0.261 e. The lowest BCUT2D eigenvalue weighted by atomic mass is 10.2. The van der Waals surface area contributed by atoms with E-state index in [0.29, 0.717) is 35.6 Å². The number of carbonyl (C=O) groups excluding carboxylic acids is 1. The largest absolute Gasteiger partial charge is 0.484 e.